The highest BCUT2D eigenvalue weighted by Gasteiger charge is 2.32. The van der Waals surface area contributed by atoms with Crippen molar-refractivity contribution in [1.82, 2.24) is 0 Å². The lowest BCUT2D eigenvalue weighted by Crippen LogP contribution is -2.25. The van der Waals surface area contributed by atoms with E-state index in [1.807, 2.05) is 0 Å². The summed E-state index contributed by atoms with van der Waals surface area (Å²) in [6, 6.07) is 8.83. The van der Waals surface area contributed by atoms with Crippen LogP contribution in [0.4, 0.5) is 0 Å². The lowest BCUT2D eigenvalue weighted by atomic mass is 9.95. The van der Waals surface area contributed by atoms with Crippen LogP contribution < -0.4 is 0 Å². The fourth-order valence-electron chi connectivity index (χ4n) is 2.70. The molecule has 0 saturated heterocycles. The SMILES string of the molecule is CC1=C(C)[N+]2=C(C1)c1ccccc1CC2. The number of nitrogens with zero attached hydrogens (tertiary/aromatic N) is 1. The maximum absolute atomic E-state index is 2.50. The van der Waals surface area contributed by atoms with Crippen LogP contribution in [0.1, 0.15) is 31.4 Å². The summed E-state index contributed by atoms with van der Waals surface area (Å²) in [7, 11) is 0. The smallest absolute Gasteiger partial charge is 0.193 e. The largest absolute Gasteiger partial charge is 0.199 e. The van der Waals surface area contributed by atoms with E-state index < -0.39 is 0 Å². The lowest BCUT2D eigenvalue weighted by Gasteiger charge is -2.13. The first kappa shape index (κ1) is 8.90. The summed E-state index contributed by atoms with van der Waals surface area (Å²) in [4.78, 5) is 0. The summed E-state index contributed by atoms with van der Waals surface area (Å²) in [5, 5.41) is 0. The minimum Gasteiger partial charge on any atom is -0.199 e. The third kappa shape index (κ3) is 1.19. The second-order valence-corrected chi connectivity index (χ2v) is 4.55. The minimum atomic E-state index is 1.14. The van der Waals surface area contributed by atoms with Crippen molar-refractivity contribution in [3.63, 3.8) is 0 Å². The Bertz CT molecular complexity index is 492. The molecule has 0 saturated carbocycles. The average molecular weight is 198 g/mol. The summed E-state index contributed by atoms with van der Waals surface area (Å²) in [5.74, 6) is 0. The summed E-state index contributed by atoms with van der Waals surface area (Å²) in [6.07, 6.45) is 2.33. The lowest BCUT2D eigenvalue weighted by molar-refractivity contribution is -0.474. The normalized spacial score (nSPS) is 19.3. The summed E-state index contributed by atoms with van der Waals surface area (Å²) < 4.78 is 2.50. The van der Waals surface area contributed by atoms with Crippen molar-refractivity contribution >= 4 is 5.71 Å². The molecule has 0 spiro atoms. The van der Waals surface area contributed by atoms with Crippen molar-refractivity contribution in [3.8, 4) is 0 Å². The predicted octanol–water partition coefficient (Wildman–Crippen LogP) is 2.74. The molecule has 0 amide bonds. The fourth-order valence-corrected chi connectivity index (χ4v) is 2.70. The number of rotatable bonds is 0. The van der Waals surface area contributed by atoms with Crippen LogP contribution in [0, 0.1) is 0 Å². The van der Waals surface area contributed by atoms with Gasteiger partial charge >= 0.3 is 0 Å². The highest BCUT2D eigenvalue weighted by Crippen LogP contribution is 2.27. The number of hydrogen-bond donors (Lipinski definition) is 0. The molecule has 3 rings (SSSR count). The molecule has 2 aliphatic heterocycles. The number of allylic oxidation sites excluding steroid dienone is 2. The molecule has 1 aromatic carbocycles. The minimum absolute atomic E-state index is 1.14. The van der Waals surface area contributed by atoms with E-state index in [9.17, 15) is 0 Å². The summed E-state index contributed by atoms with van der Waals surface area (Å²) in [6.45, 7) is 5.66. The Morgan fingerprint density at radius 3 is 2.80 bits per heavy atom. The summed E-state index contributed by atoms with van der Waals surface area (Å²) >= 11 is 0. The Hall–Kier alpha value is -1.37. The number of hydrogen-bond acceptors (Lipinski definition) is 0. The van der Waals surface area contributed by atoms with Crippen molar-refractivity contribution in [3.05, 3.63) is 46.7 Å². The van der Waals surface area contributed by atoms with E-state index in [-0.39, 0.29) is 0 Å². The highest BCUT2D eigenvalue weighted by molar-refractivity contribution is 6.01. The molecule has 1 aromatic rings. The first-order chi connectivity index (χ1) is 7.27. The highest BCUT2D eigenvalue weighted by atomic mass is 15.0. The molecular weight excluding hydrogens is 182 g/mol. The van der Waals surface area contributed by atoms with Crippen LogP contribution in [-0.4, -0.2) is 16.8 Å². The maximum atomic E-state index is 2.50. The van der Waals surface area contributed by atoms with Gasteiger partial charge in [0.2, 0.25) is 0 Å². The van der Waals surface area contributed by atoms with Gasteiger partial charge in [-0.15, -0.1) is 0 Å². The third-order valence-corrected chi connectivity index (χ3v) is 3.71. The predicted molar refractivity (Wildman–Crippen MR) is 62.4 cm³/mol. The Morgan fingerprint density at radius 1 is 1.13 bits per heavy atom. The van der Waals surface area contributed by atoms with E-state index in [2.05, 4.69) is 42.7 Å². The molecule has 76 valence electrons. The molecule has 0 bridgehead atoms. The van der Waals surface area contributed by atoms with E-state index in [1.165, 1.54) is 34.5 Å². The van der Waals surface area contributed by atoms with E-state index in [0.29, 0.717) is 0 Å². The third-order valence-electron chi connectivity index (χ3n) is 3.71. The van der Waals surface area contributed by atoms with Gasteiger partial charge in [-0.2, -0.15) is 4.58 Å². The second-order valence-electron chi connectivity index (χ2n) is 4.55. The van der Waals surface area contributed by atoms with Crippen molar-refractivity contribution in [2.24, 2.45) is 0 Å². The topological polar surface area (TPSA) is 3.01 Å². The van der Waals surface area contributed by atoms with Gasteiger partial charge in [0.25, 0.3) is 0 Å². The first-order valence-electron chi connectivity index (χ1n) is 5.65. The van der Waals surface area contributed by atoms with Crippen molar-refractivity contribution in [2.75, 3.05) is 6.54 Å². The Balaban J connectivity index is 2.17. The van der Waals surface area contributed by atoms with Gasteiger partial charge in [0, 0.05) is 24.5 Å². The Morgan fingerprint density at radius 2 is 1.93 bits per heavy atom. The van der Waals surface area contributed by atoms with E-state index in [1.54, 1.807) is 0 Å². The van der Waals surface area contributed by atoms with Crippen LogP contribution >= 0.6 is 0 Å². The van der Waals surface area contributed by atoms with Gasteiger partial charge in [-0.05, 0) is 18.6 Å². The molecule has 0 aromatic heterocycles. The molecule has 2 heterocycles. The quantitative estimate of drug-likeness (QED) is 0.564. The van der Waals surface area contributed by atoms with Gasteiger partial charge in [0.05, 0.1) is 6.42 Å². The van der Waals surface area contributed by atoms with Crippen LogP contribution in [-0.2, 0) is 6.42 Å². The van der Waals surface area contributed by atoms with Crippen LogP contribution in [0.25, 0.3) is 0 Å². The van der Waals surface area contributed by atoms with Crippen molar-refractivity contribution in [1.29, 1.82) is 0 Å². The van der Waals surface area contributed by atoms with E-state index in [4.69, 9.17) is 0 Å². The average Bonchev–Trinajstić information content (AvgIpc) is 2.56. The fraction of sp³-hybridized carbons (Fsp3) is 0.357. The van der Waals surface area contributed by atoms with Gasteiger partial charge in [-0.1, -0.05) is 18.2 Å². The van der Waals surface area contributed by atoms with E-state index in [0.717, 1.165) is 13.0 Å². The van der Waals surface area contributed by atoms with Gasteiger partial charge in [-0.3, -0.25) is 0 Å². The number of fused-ring (bicyclic) bond motifs is 2. The van der Waals surface area contributed by atoms with Gasteiger partial charge in [0.15, 0.2) is 18.0 Å². The molecule has 0 fully saturated rings. The molecule has 0 atom stereocenters. The first-order valence-corrected chi connectivity index (χ1v) is 5.65. The molecular formula is C14H16N+. The molecule has 0 radical (unpaired) electrons. The molecule has 0 aliphatic carbocycles. The second kappa shape index (κ2) is 3.06. The molecule has 0 N–H and O–H groups in total. The van der Waals surface area contributed by atoms with Crippen LogP contribution in [0.3, 0.4) is 0 Å². The zero-order valence-corrected chi connectivity index (χ0v) is 9.38. The van der Waals surface area contributed by atoms with Gasteiger partial charge < -0.3 is 0 Å². The zero-order valence-electron chi connectivity index (χ0n) is 9.38. The summed E-state index contributed by atoms with van der Waals surface area (Å²) in [5.41, 5.74) is 7.51. The molecule has 1 heteroatoms. The zero-order chi connectivity index (χ0) is 10.4. The Kier molecular flexibility index (Phi) is 1.82. The molecule has 15 heavy (non-hydrogen) atoms. The van der Waals surface area contributed by atoms with E-state index >= 15 is 0 Å². The van der Waals surface area contributed by atoms with Crippen molar-refractivity contribution in [2.45, 2.75) is 26.7 Å². The van der Waals surface area contributed by atoms with Crippen LogP contribution in [0.2, 0.25) is 0 Å². The molecule has 2 aliphatic rings. The van der Waals surface area contributed by atoms with Gasteiger partial charge in [-0.25, -0.2) is 0 Å². The molecule has 0 unspecified atom stereocenters. The van der Waals surface area contributed by atoms with Gasteiger partial charge in [0.1, 0.15) is 0 Å². The maximum Gasteiger partial charge on any atom is 0.193 e. The Labute approximate surface area is 90.8 Å². The number of benzene rings is 1. The standard InChI is InChI=1S/C14H16N/c1-10-9-14-13-6-4-3-5-12(13)7-8-15(14)11(10)2/h3-6H,7-9H2,1-2H3/q+1. The van der Waals surface area contributed by atoms with Crippen LogP contribution in [0.5, 0.6) is 0 Å². The van der Waals surface area contributed by atoms with Crippen molar-refractivity contribution < 1.29 is 4.58 Å². The monoisotopic (exact) mass is 198 g/mol. The molecule has 1 nitrogen and oxygen atoms in total. The van der Waals surface area contributed by atoms with Crippen LogP contribution in [0.15, 0.2) is 35.5 Å².